The van der Waals surface area contributed by atoms with E-state index in [1.54, 1.807) is 12.1 Å². The van der Waals surface area contributed by atoms with Gasteiger partial charge in [-0.15, -0.1) is 0 Å². The van der Waals surface area contributed by atoms with Crippen LogP contribution in [0.5, 0.6) is 0 Å². The highest BCUT2D eigenvalue weighted by Gasteiger charge is 2.21. The third kappa shape index (κ3) is 5.79. The highest BCUT2D eigenvalue weighted by molar-refractivity contribution is 7.92. The molecule has 1 heterocycles. The maximum Gasteiger partial charge on any atom is 0.261 e. The quantitative estimate of drug-likeness (QED) is 0.701. The number of benzene rings is 2. The lowest BCUT2D eigenvalue weighted by atomic mass is 9.99. The first-order chi connectivity index (χ1) is 14.2. The molecule has 1 aliphatic rings. The summed E-state index contributed by atoms with van der Waals surface area (Å²) in [5.74, 6) is -0.0172. The van der Waals surface area contributed by atoms with Gasteiger partial charge < -0.3 is 5.32 Å². The number of amides is 1. The van der Waals surface area contributed by atoms with Crippen molar-refractivity contribution in [3.63, 3.8) is 0 Å². The summed E-state index contributed by atoms with van der Waals surface area (Å²) >= 11 is 0. The molecular formula is C22H28FN3O3S. The van der Waals surface area contributed by atoms with Crippen LogP contribution in [0.1, 0.15) is 37.0 Å². The normalized spacial score (nSPS) is 18.6. The minimum atomic E-state index is -3.82. The van der Waals surface area contributed by atoms with Crippen molar-refractivity contribution in [3.8, 4) is 0 Å². The van der Waals surface area contributed by atoms with Gasteiger partial charge in [0.15, 0.2) is 0 Å². The standard InChI is InChI=1S/C22H28FN3O3S/c1-16-4-3-13-26(15-16)17(2)14-24-22(27)18-5-9-20(10-6-18)25-30(28,29)21-11-7-19(23)8-12-21/h5-12,16-17,25H,3-4,13-15H2,1-2H3,(H,24,27). The molecule has 0 aromatic heterocycles. The van der Waals surface area contributed by atoms with Gasteiger partial charge in [-0.2, -0.15) is 0 Å². The zero-order chi connectivity index (χ0) is 21.7. The van der Waals surface area contributed by atoms with Crippen molar-refractivity contribution in [2.24, 2.45) is 5.92 Å². The van der Waals surface area contributed by atoms with Crippen molar-refractivity contribution >= 4 is 21.6 Å². The number of hydrogen-bond acceptors (Lipinski definition) is 4. The maximum absolute atomic E-state index is 13.0. The summed E-state index contributed by atoms with van der Waals surface area (Å²) < 4.78 is 40.2. The molecule has 3 rings (SSSR count). The Balaban J connectivity index is 1.55. The fourth-order valence-electron chi connectivity index (χ4n) is 3.62. The van der Waals surface area contributed by atoms with E-state index in [1.165, 1.54) is 37.1 Å². The molecule has 6 nitrogen and oxygen atoms in total. The molecule has 2 unspecified atom stereocenters. The molecule has 1 saturated heterocycles. The van der Waals surface area contributed by atoms with Crippen molar-refractivity contribution in [2.75, 3.05) is 24.4 Å². The number of nitrogens with one attached hydrogen (secondary N) is 2. The van der Waals surface area contributed by atoms with Crippen LogP contribution in [-0.2, 0) is 10.0 Å². The number of carbonyl (C=O) groups is 1. The molecule has 30 heavy (non-hydrogen) atoms. The van der Waals surface area contributed by atoms with E-state index in [0.29, 0.717) is 23.7 Å². The molecule has 0 aliphatic carbocycles. The number of carbonyl (C=O) groups excluding carboxylic acids is 1. The van der Waals surface area contributed by atoms with Gasteiger partial charge in [-0.3, -0.25) is 14.4 Å². The van der Waals surface area contributed by atoms with Gasteiger partial charge in [0.05, 0.1) is 4.90 Å². The van der Waals surface area contributed by atoms with Gasteiger partial charge in [0.2, 0.25) is 0 Å². The summed E-state index contributed by atoms with van der Waals surface area (Å²) in [7, 11) is -3.82. The van der Waals surface area contributed by atoms with Crippen LogP contribution >= 0.6 is 0 Å². The van der Waals surface area contributed by atoms with Gasteiger partial charge in [0, 0.05) is 30.4 Å². The van der Waals surface area contributed by atoms with Crippen molar-refractivity contribution in [1.82, 2.24) is 10.2 Å². The van der Waals surface area contributed by atoms with Crippen molar-refractivity contribution in [2.45, 2.75) is 37.6 Å². The van der Waals surface area contributed by atoms with Gasteiger partial charge >= 0.3 is 0 Å². The number of piperidine rings is 1. The number of likely N-dealkylation sites (tertiary alicyclic amines) is 1. The number of halogens is 1. The largest absolute Gasteiger partial charge is 0.350 e. The number of sulfonamides is 1. The maximum atomic E-state index is 13.0. The van der Waals surface area contributed by atoms with Crippen LogP contribution in [0.15, 0.2) is 53.4 Å². The first-order valence-electron chi connectivity index (χ1n) is 10.2. The molecule has 0 bridgehead atoms. The van der Waals surface area contributed by atoms with Crippen molar-refractivity contribution in [3.05, 3.63) is 59.9 Å². The lowest BCUT2D eigenvalue weighted by Gasteiger charge is -2.35. The molecule has 0 saturated carbocycles. The van der Waals surface area contributed by atoms with E-state index in [9.17, 15) is 17.6 Å². The lowest BCUT2D eigenvalue weighted by molar-refractivity contribution is 0.0917. The fraction of sp³-hybridized carbons (Fsp3) is 0.409. The summed E-state index contributed by atoms with van der Waals surface area (Å²) in [6.07, 6.45) is 2.45. The Morgan fingerprint density at radius 3 is 2.47 bits per heavy atom. The zero-order valence-corrected chi connectivity index (χ0v) is 18.1. The average molecular weight is 434 g/mol. The van der Waals surface area contributed by atoms with Gasteiger partial charge in [0.1, 0.15) is 5.82 Å². The molecule has 162 valence electrons. The summed E-state index contributed by atoms with van der Waals surface area (Å²) in [5, 5.41) is 2.95. The molecule has 1 aliphatic heterocycles. The van der Waals surface area contributed by atoms with Gasteiger partial charge in [-0.1, -0.05) is 6.92 Å². The van der Waals surface area contributed by atoms with Crippen LogP contribution < -0.4 is 10.0 Å². The predicted molar refractivity (Wildman–Crippen MR) is 115 cm³/mol. The second kappa shape index (κ2) is 9.57. The first-order valence-corrected chi connectivity index (χ1v) is 11.6. The van der Waals surface area contributed by atoms with Gasteiger partial charge in [0.25, 0.3) is 15.9 Å². The van der Waals surface area contributed by atoms with E-state index in [2.05, 4.69) is 28.8 Å². The topological polar surface area (TPSA) is 78.5 Å². The number of anilines is 1. The minimum Gasteiger partial charge on any atom is -0.350 e. The molecule has 1 fully saturated rings. The van der Waals surface area contributed by atoms with E-state index in [0.717, 1.165) is 25.2 Å². The zero-order valence-electron chi connectivity index (χ0n) is 17.3. The van der Waals surface area contributed by atoms with Crippen LogP contribution in [0.4, 0.5) is 10.1 Å². The number of rotatable bonds is 7. The Morgan fingerprint density at radius 1 is 1.17 bits per heavy atom. The lowest BCUT2D eigenvalue weighted by Crippen LogP contribution is -2.46. The van der Waals surface area contributed by atoms with E-state index in [4.69, 9.17) is 0 Å². The summed E-state index contributed by atoms with van der Waals surface area (Å²) in [6.45, 7) is 7.05. The van der Waals surface area contributed by atoms with Crippen LogP contribution in [0.3, 0.4) is 0 Å². The average Bonchev–Trinajstić information content (AvgIpc) is 2.72. The van der Waals surface area contributed by atoms with Crippen molar-refractivity contribution < 1.29 is 17.6 Å². The summed E-state index contributed by atoms with van der Waals surface area (Å²) in [4.78, 5) is 14.8. The Labute approximate surface area is 177 Å². The molecule has 2 aromatic carbocycles. The van der Waals surface area contributed by atoms with E-state index in [-0.39, 0.29) is 16.8 Å². The fourth-order valence-corrected chi connectivity index (χ4v) is 4.67. The second-order valence-electron chi connectivity index (χ2n) is 7.94. The molecule has 8 heteroatoms. The van der Waals surface area contributed by atoms with Crippen molar-refractivity contribution in [1.29, 1.82) is 0 Å². The summed E-state index contributed by atoms with van der Waals surface area (Å²) in [6, 6.07) is 11.1. The van der Waals surface area contributed by atoms with E-state index < -0.39 is 15.8 Å². The molecule has 2 aromatic rings. The summed E-state index contributed by atoms with van der Waals surface area (Å²) in [5.41, 5.74) is 0.783. The second-order valence-corrected chi connectivity index (χ2v) is 9.62. The van der Waals surface area contributed by atoms with Crippen LogP contribution in [0, 0.1) is 11.7 Å². The van der Waals surface area contributed by atoms with Gasteiger partial charge in [-0.05, 0) is 80.8 Å². The molecule has 1 amide bonds. The van der Waals surface area contributed by atoms with E-state index >= 15 is 0 Å². The van der Waals surface area contributed by atoms with Crippen LogP contribution in [0.2, 0.25) is 0 Å². The van der Waals surface area contributed by atoms with E-state index in [1.807, 2.05) is 0 Å². The van der Waals surface area contributed by atoms with Gasteiger partial charge in [-0.25, -0.2) is 12.8 Å². The Bertz CT molecular complexity index is 962. The highest BCUT2D eigenvalue weighted by atomic mass is 32.2. The Morgan fingerprint density at radius 2 is 1.83 bits per heavy atom. The van der Waals surface area contributed by atoms with Crippen LogP contribution in [0.25, 0.3) is 0 Å². The minimum absolute atomic E-state index is 0.0354. The third-order valence-corrected chi connectivity index (χ3v) is 6.79. The molecule has 0 radical (unpaired) electrons. The molecule has 2 atom stereocenters. The SMILES string of the molecule is CC1CCCN(C(C)CNC(=O)c2ccc(NS(=O)(=O)c3ccc(F)cc3)cc2)C1. The number of nitrogens with zero attached hydrogens (tertiary/aromatic N) is 1. The number of hydrogen-bond donors (Lipinski definition) is 2. The Hall–Kier alpha value is -2.45. The highest BCUT2D eigenvalue weighted by Crippen LogP contribution is 2.18. The Kier molecular flexibility index (Phi) is 7.10. The smallest absolute Gasteiger partial charge is 0.261 e. The third-order valence-electron chi connectivity index (χ3n) is 5.39. The van der Waals surface area contributed by atoms with Crippen LogP contribution in [-0.4, -0.2) is 44.9 Å². The monoisotopic (exact) mass is 433 g/mol. The molecule has 2 N–H and O–H groups in total. The predicted octanol–water partition coefficient (Wildman–Crippen LogP) is 3.48. The molecule has 0 spiro atoms. The molecular weight excluding hydrogens is 405 g/mol. The first kappa shape index (κ1) is 22.2.